The molecule has 2 fully saturated rings. The zero-order valence-corrected chi connectivity index (χ0v) is 12.1. The van der Waals surface area contributed by atoms with Gasteiger partial charge in [-0.2, -0.15) is 0 Å². The van der Waals surface area contributed by atoms with Gasteiger partial charge in [-0.3, -0.25) is 4.90 Å². The van der Waals surface area contributed by atoms with Gasteiger partial charge in [-0.25, -0.2) is 0 Å². The predicted octanol–water partition coefficient (Wildman–Crippen LogP) is 1.25. The van der Waals surface area contributed by atoms with E-state index in [0.29, 0.717) is 12.1 Å². The second-order valence-corrected chi connectivity index (χ2v) is 6.46. The molecule has 2 rings (SSSR count). The molecule has 4 heteroatoms. The summed E-state index contributed by atoms with van der Waals surface area (Å²) >= 11 is 0. The molecule has 0 aliphatic carbocycles. The first-order valence-electron chi connectivity index (χ1n) is 7.23. The van der Waals surface area contributed by atoms with Gasteiger partial charge in [0.15, 0.2) is 0 Å². The molecule has 2 aliphatic heterocycles. The van der Waals surface area contributed by atoms with Crippen molar-refractivity contribution >= 4 is 0 Å². The summed E-state index contributed by atoms with van der Waals surface area (Å²) in [5.74, 6) is 0. The number of hydrogen-bond acceptors (Lipinski definition) is 4. The van der Waals surface area contributed by atoms with Crippen molar-refractivity contribution in [3.8, 4) is 0 Å². The van der Waals surface area contributed by atoms with Gasteiger partial charge in [0.1, 0.15) is 0 Å². The summed E-state index contributed by atoms with van der Waals surface area (Å²) in [5.41, 5.74) is 0.171. The fourth-order valence-corrected chi connectivity index (χ4v) is 2.67. The highest BCUT2D eigenvalue weighted by molar-refractivity contribution is 4.82. The minimum Gasteiger partial charge on any atom is -0.381 e. The lowest BCUT2D eigenvalue weighted by Crippen LogP contribution is -2.53. The van der Waals surface area contributed by atoms with Gasteiger partial charge >= 0.3 is 0 Å². The molecule has 1 N–H and O–H groups in total. The molecule has 0 amide bonds. The van der Waals surface area contributed by atoms with E-state index in [1.54, 1.807) is 0 Å². The fraction of sp³-hybridized carbons (Fsp3) is 1.00. The zero-order chi connectivity index (χ0) is 13.0. The van der Waals surface area contributed by atoms with Crippen LogP contribution in [0.5, 0.6) is 0 Å². The van der Waals surface area contributed by atoms with Gasteiger partial charge < -0.3 is 14.8 Å². The van der Waals surface area contributed by atoms with Crippen LogP contribution in [-0.4, -0.2) is 62.0 Å². The van der Waals surface area contributed by atoms with Crippen LogP contribution in [0, 0.1) is 0 Å². The summed E-state index contributed by atoms with van der Waals surface area (Å²) in [7, 11) is 0. The highest BCUT2D eigenvalue weighted by Crippen LogP contribution is 2.17. The smallest absolute Gasteiger partial charge is 0.0827 e. The average Bonchev–Trinajstić information content (AvgIpc) is 2.37. The topological polar surface area (TPSA) is 33.7 Å². The normalized spacial score (nSPS) is 28.5. The maximum atomic E-state index is 5.86. The quantitative estimate of drug-likeness (QED) is 0.824. The van der Waals surface area contributed by atoms with Crippen LogP contribution in [0.3, 0.4) is 0 Å². The van der Waals surface area contributed by atoms with Crippen LogP contribution in [-0.2, 0) is 9.47 Å². The van der Waals surface area contributed by atoms with Crippen molar-refractivity contribution < 1.29 is 9.47 Å². The van der Waals surface area contributed by atoms with Gasteiger partial charge in [0.25, 0.3) is 0 Å². The average molecular weight is 256 g/mol. The summed E-state index contributed by atoms with van der Waals surface area (Å²) < 4.78 is 11.3. The molecule has 0 saturated carbocycles. The maximum absolute atomic E-state index is 5.86. The van der Waals surface area contributed by atoms with Crippen molar-refractivity contribution in [1.82, 2.24) is 10.2 Å². The molecule has 0 spiro atoms. The Labute approximate surface area is 111 Å². The van der Waals surface area contributed by atoms with Gasteiger partial charge in [0, 0.05) is 44.4 Å². The molecule has 106 valence electrons. The Hall–Kier alpha value is -0.160. The second-order valence-electron chi connectivity index (χ2n) is 6.46. The first-order chi connectivity index (χ1) is 8.54. The van der Waals surface area contributed by atoms with Crippen LogP contribution in [0.4, 0.5) is 0 Å². The van der Waals surface area contributed by atoms with Crippen LogP contribution in [0.15, 0.2) is 0 Å². The third-order valence-corrected chi connectivity index (χ3v) is 3.74. The van der Waals surface area contributed by atoms with Gasteiger partial charge in [0.05, 0.1) is 12.7 Å². The van der Waals surface area contributed by atoms with Crippen LogP contribution in [0.1, 0.15) is 33.6 Å². The Morgan fingerprint density at radius 2 is 1.89 bits per heavy atom. The summed E-state index contributed by atoms with van der Waals surface area (Å²) in [6.07, 6.45) is 2.69. The Morgan fingerprint density at radius 3 is 2.56 bits per heavy atom. The highest BCUT2D eigenvalue weighted by atomic mass is 16.5. The number of nitrogens with zero attached hydrogens (tertiary/aromatic N) is 1. The number of hydrogen-bond donors (Lipinski definition) is 1. The molecule has 0 aromatic heterocycles. The summed E-state index contributed by atoms with van der Waals surface area (Å²) in [6, 6.07) is 0.708. The second kappa shape index (κ2) is 6.33. The first kappa shape index (κ1) is 14.3. The van der Waals surface area contributed by atoms with Gasteiger partial charge in [-0.15, -0.1) is 0 Å². The van der Waals surface area contributed by atoms with E-state index >= 15 is 0 Å². The lowest BCUT2D eigenvalue weighted by Gasteiger charge is -2.40. The molecule has 2 saturated heterocycles. The van der Waals surface area contributed by atoms with Crippen LogP contribution in [0.2, 0.25) is 0 Å². The maximum Gasteiger partial charge on any atom is 0.0827 e. The molecule has 4 nitrogen and oxygen atoms in total. The minimum absolute atomic E-state index is 0.171. The predicted molar refractivity (Wildman–Crippen MR) is 72.9 cm³/mol. The van der Waals surface area contributed by atoms with E-state index in [4.69, 9.17) is 9.47 Å². The minimum atomic E-state index is 0.171. The molecule has 0 aromatic carbocycles. The summed E-state index contributed by atoms with van der Waals surface area (Å²) in [5, 5.41) is 3.54. The van der Waals surface area contributed by atoms with Crippen molar-refractivity contribution in [3.63, 3.8) is 0 Å². The van der Waals surface area contributed by atoms with E-state index in [9.17, 15) is 0 Å². The van der Waals surface area contributed by atoms with E-state index in [1.165, 1.54) is 12.8 Å². The molecule has 2 aliphatic rings. The summed E-state index contributed by atoms with van der Waals surface area (Å²) in [6.45, 7) is 12.4. The lowest BCUT2D eigenvalue weighted by atomic mass is 10.1. The summed E-state index contributed by atoms with van der Waals surface area (Å²) in [4.78, 5) is 2.60. The molecular weight excluding hydrogens is 228 g/mol. The van der Waals surface area contributed by atoms with E-state index in [-0.39, 0.29) is 5.54 Å². The van der Waals surface area contributed by atoms with E-state index in [0.717, 1.165) is 39.5 Å². The molecule has 1 atom stereocenters. The Kier molecular flexibility index (Phi) is 5.01. The third-order valence-electron chi connectivity index (χ3n) is 3.74. The van der Waals surface area contributed by atoms with E-state index in [2.05, 4.69) is 31.0 Å². The van der Waals surface area contributed by atoms with Crippen molar-refractivity contribution in [2.45, 2.75) is 51.3 Å². The fourth-order valence-electron chi connectivity index (χ4n) is 2.67. The molecule has 18 heavy (non-hydrogen) atoms. The standard InChI is InChI=1S/C14H28N2O2/c1-14(2,3)15-10-13-11-16(6-9-18-13)12-4-7-17-8-5-12/h12-13,15H,4-11H2,1-3H3. The molecule has 1 unspecified atom stereocenters. The number of nitrogens with one attached hydrogen (secondary N) is 1. The van der Waals surface area contributed by atoms with Gasteiger partial charge in [-0.05, 0) is 33.6 Å². The van der Waals surface area contributed by atoms with Crippen molar-refractivity contribution in [2.75, 3.05) is 39.5 Å². The van der Waals surface area contributed by atoms with Crippen LogP contribution < -0.4 is 5.32 Å². The van der Waals surface area contributed by atoms with Gasteiger partial charge in [-0.1, -0.05) is 0 Å². The lowest BCUT2D eigenvalue weighted by molar-refractivity contribution is -0.0618. The highest BCUT2D eigenvalue weighted by Gasteiger charge is 2.28. The third kappa shape index (κ3) is 4.50. The monoisotopic (exact) mass is 256 g/mol. The molecular formula is C14H28N2O2. The molecule has 0 radical (unpaired) electrons. The first-order valence-corrected chi connectivity index (χ1v) is 7.23. The van der Waals surface area contributed by atoms with Crippen molar-refractivity contribution in [3.05, 3.63) is 0 Å². The van der Waals surface area contributed by atoms with Crippen molar-refractivity contribution in [2.24, 2.45) is 0 Å². The molecule has 2 heterocycles. The van der Waals surface area contributed by atoms with E-state index in [1.807, 2.05) is 0 Å². The number of rotatable bonds is 3. The largest absolute Gasteiger partial charge is 0.381 e. The van der Waals surface area contributed by atoms with Crippen LogP contribution >= 0.6 is 0 Å². The van der Waals surface area contributed by atoms with Crippen molar-refractivity contribution in [1.29, 1.82) is 0 Å². The number of ether oxygens (including phenoxy) is 2. The van der Waals surface area contributed by atoms with Crippen LogP contribution in [0.25, 0.3) is 0 Å². The molecule has 0 bridgehead atoms. The number of morpholine rings is 1. The molecule has 0 aromatic rings. The Bertz CT molecular complexity index is 247. The Balaban J connectivity index is 1.77. The van der Waals surface area contributed by atoms with Gasteiger partial charge in [0.2, 0.25) is 0 Å². The van der Waals surface area contributed by atoms with E-state index < -0.39 is 0 Å². The SMILES string of the molecule is CC(C)(C)NCC1CN(C2CCOCC2)CCO1. The zero-order valence-electron chi connectivity index (χ0n) is 12.1. The Morgan fingerprint density at radius 1 is 1.17 bits per heavy atom.